The second-order valence-electron chi connectivity index (χ2n) is 5.34. The summed E-state index contributed by atoms with van der Waals surface area (Å²) in [6.07, 6.45) is 3.10. The van der Waals surface area contributed by atoms with Gasteiger partial charge in [-0.05, 0) is 37.5 Å². The molecular formula is C14H13ClN2O2. The van der Waals surface area contributed by atoms with E-state index in [2.05, 4.69) is 0 Å². The predicted octanol–water partition coefficient (Wildman–Crippen LogP) is 2.82. The molecule has 19 heavy (non-hydrogen) atoms. The summed E-state index contributed by atoms with van der Waals surface area (Å²) in [7, 11) is 0. The Bertz CT molecular complexity index is 732. The largest absolute Gasteiger partial charge is 0.493 e. The lowest BCUT2D eigenvalue weighted by Crippen LogP contribution is -2.25. The molecule has 0 spiro atoms. The first-order valence-electron chi connectivity index (χ1n) is 6.49. The van der Waals surface area contributed by atoms with Gasteiger partial charge >= 0.3 is 5.69 Å². The van der Waals surface area contributed by atoms with Crippen LogP contribution in [0.1, 0.15) is 36.9 Å². The highest BCUT2D eigenvalue weighted by molar-refractivity contribution is 6.30. The van der Waals surface area contributed by atoms with Crippen molar-refractivity contribution in [3.05, 3.63) is 45.5 Å². The monoisotopic (exact) mass is 276 g/mol. The molecule has 2 aliphatic rings. The number of fused-ring (bicyclic) bond motifs is 5. The molecule has 1 aromatic carbocycles. The summed E-state index contributed by atoms with van der Waals surface area (Å²) >= 11 is 5.96. The van der Waals surface area contributed by atoms with Crippen molar-refractivity contribution in [2.45, 2.75) is 31.2 Å². The predicted molar refractivity (Wildman–Crippen MR) is 72.3 cm³/mol. The van der Waals surface area contributed by atoms with Crippen molar-refractivity contribution in [3.63, 3.8) is 0 Å². The number of nitrogens with zero attached hydrogens (tertiary/aromatic N) is 2. The van der Waals surface area contributed by atoms with Crippen LogP contribution in [0.3, 0.4) is 0 Å². The molecule has 1 aliphatic carbocycles. The van der Waals surface area contributed by atoms with Gasteiger partial charge in [-0.2, -0.15) is 0 Å². The zero-order valence-corrected chi connectivity index (χ0v) is 11.0. The minimum Gasteiger partial charge on any atom is -0.493 e. The van der Waals surface area contributed by atoms with Crippen molar-refractivity contribution in [1.82, 2.24) is 9.13 Å². The van der Waals surface area contributed by atoms with Crippen LogP contribution in [-0.4, -0.2) is 14.2 Å². The van der Waals surface area contributed by atoms with Gasteiger partial charge in [-0.15, -0.1) is 0 Å². The number of imidazole rings is 1. The van der Waals surface area contributed by atoms with Crippen LogP contribution >= 0.6 is 11.6 Å². The van der Waals surface area contributed by atoms with E-state index in [0.29, 0.717) is 16.6 Å². The van der Waals surface area contributed by atoms with E-state index >= 15 is 0 Å². The molecule has 0 amide bonds. The molecule has 0 saturated heterocycles. The van der Waals surface area contributed by atoms with Crippen molar-refractivity contribution < 1.29 is 5.11 Å². The van der Waals surface area contributed by atoms with Gasteiger partial charge in [0.2, 0.25) is 5.88 Å². The van der Waals surface area contributed by atoms with Crippen molar-refractivity contribution in [1.29, 1.82) is 0 Å². The molecule has 2 heterocycles. The maximum atomic E-state index is 12.5. The molecule has 1 saturated carbocycles. The minimum absolute atomic E-state index is 0.0828. The van der Waals surface area contributed by atoms with Gasteiger partial charge < -0.3 is 5.11 Å². The Morgan fingerprint density at radius 2 is 2.16 bits per heavy atom. The standard InChI is InChI=1S/C14H13ClN2O2/c15-9-2-1-3-10(7-9)17-13(18)12-8-4-5-11(6-8)16(12)14(17)19/h1-3,7-8,11,18H,4-6H2/t8-,11+/m0/s1. The van der Waals surface area contributed by atoms with E-state index in [0.717, 1.165) is 25.0 Å². The highest BCUT2D eigenvalue weighted by Crippen LogP contribution is 2.50. The number of rotatable bonds is 1. The molecule has 0 radical (unpaired) electrons. The summed E-state index contributed by atoms with van der Waals surface area (Å²) in [6, 6.07) is 7.27. The summed E-state index contributed by atoms with van der Waals surface area (Å²) in [5.41, 5.74) is 1.28. The lowest BCUT2D eigenvalue weighted by Gasteiger charge is -2.11. The summed E-state index contributed by atoms with van der Waals surface area (Å²) in [5.74, 6) is 0.414. The van der Waals surface area contributed by atoms with Crippen LogP contribution in [0, 0.1) is 0 Å². The van der Waals surface area contributed by atoms with Gasteiger partial charge in [-0.3, -0.25) is 4.57 Å². The van der Waals surface area contributed by atoms with E-state index in [1.165, 1.54) is 4.57 Å². The Labute approximate surface area is 114 Å². The summed E-state index contributed by atoms with van der Waals surface area (Å²) < 4.78 is 3.14. The van der Waals surface area contributed by atoms with Gasteiger partial charge in [0.25, 0.3) is 0 Å². The smallest absolute Gasteiger partial charge is 0.336 e. The van der Waals surface area contributed by atoms with E-state index in [-0.39, 0.29) is 17.6 Å². The average Bonchev–Trinajstić information content (AvgIpc) is 3.04. The molecule has 5 heteroatoms. The van der Waals surface area contributed by atoms with Gasteiger partial charge in [-0.1, -0.05) is 17.7 Å². The molecule has 4 rings (SSSR count). The van der Waals surface area contributed by atoms with Crippen LogP contribution in [0.4, 0.5) is 0 Å². The SMILES string of the molecule is O=c1n(-c2cccc(Cl)c2)c(O)c2n1[C@@H]1CC[C@H]2C1. The van der Waals surface area contributed by atoms with E-state index in [1.807, 2.05) is 0 Å². The molecule has 4 nitrogen and oxygen atoms in total. The molecule has 2 aromatic rings. The van der Waals surface area contributed by atoms with Crippen LogP contribution in [0.15, 0.2) is 29.1 Å². The second kappa shape index (κ2) is 3.67. The number of aromatic hydroxyl groups is 1. The first-order valence-corrected chi connectivity index (χ1v) is 6.86. The lowest BCUT2D eigenvalue weighted by molar-refractivity contribution is 0.428. The van der Waals surface area contributed by atoms with Gasteiger partial charge in [0.05, 0.1) is 11.4 Å². The Hall–Kier alpha value is -1.68. The lowest BCUT2D eigenvalue weighted by atomic mass is 10.1. The molecule has 1 aromatic heterocycles. The fourth-order valence-electron chi connectivity index (χ4n) is 3.54. The average molecular weight is 277 g/mol. The first kappa shape index (κ1) is 11.2. The Morgan fingerprint density at radius 1 is 1.32 bits per heavy atom. The summed E-state index contributed by atoms with van der Waals surface area (Å²) in [5, 5.41) is 10.9. The number of aromatic nitrogens is 2. The first-order chi connectivity index (χ1) is 9.16. The molecule has 2 bridgehead atoms. The molecule has 0 unspecified atom stereocenters. The topological polar surface area (TPSA) is 47.2 Å². The number of halogens is 1. The molecule has 1 fully saturated rings. The van der Waals surface area contributed by atoms with Crippen LogP contribution in [0.5, 0.6) is 5.88 Å². The third-order valence-electron chi connectivity index (χ3n) is 4.32. The molecular weight excluding hydrogens is 264 g/mol. The van der Waals surface area contributed by atoms with Crippen LogP contribution in [-0.2, 0) is 0 Å². The highest BCUT2D eigenvalue weighted by Gasteiger charge is 2.42. The van der Waals surface area contributed by atoms with Crippen molar-refractivity contribution >= 4 is 11.6 Å². The third kappa shape index (κ3) is 1.38. The number of benzene rings is 1. The van der Waals surface area contributed by atoms with E-state index in [9.17, 15) is 9.90 Å². The molecule has 98 valence electrons. The van der Waals surface area contributed by atoms with Crippen LogP contribution in [0.2, 0.25) is 5.02 Å². The van der Waals surface area contributed by atoms with Crippen LogP contribution in [0.25, 0.3) is 5.69 Å². The Kier molecular flexibility index (Phi) is 2.16. The zero-order valence-electron chi connectivity index (χ0n) is 10.2. The Morgan fingerprint density at radius 3 is 2.89 bits per heavy atom. The normalized spacial score (nSPS) is 23.8. The fraction of sp³-hybridized carbons (Fsp3) is 0.357. The third-order valence-corrected chi connectivity index (χ3v) is 4.56. The van der Waals surface area contributed by atoms with Crippen molar-refractivity contribution in [2.75, 3.05) is 0 Å². The summed E-state index contributed by atoms with van der Waals surface area (Å²) in [4.78, 5) is 12.5. The Balaban J connectivity index is 1.99. The number of hydrogen-bond acceptors (Lipinski definition) is 2. The molecule has 2 atom stereocenters. The van der Waals surface area contributed by atoms with Crippen molar-refractivity contribution in [2.24, 2.45) is 0 Å². The zero-order chi connectivity index (χ0) is 13.1. The van der Waals surface area contributed by atoms with Crippen LogP contribution < -0.4 is 5.69 Å². The van der Waals surface area contributed by atoms with E-state index in [4.69, 9.17) is 11.6 Å². The molecule has 1 N–H and O–H groups in total. The van der Waals surface area contributed by atoms with Gasteiger partial charge in [0, 0.05) is 17.0 Å². The second-order valence-corrected chi connectivity index (χ2v) is 5.78. The summed E-state index contributed by atoms with van der Waals surface area (Å²) in [6.45, 7) is 0. The fourth-order valence-corrected chi connectivity index (χ4v) is 3.73. The maximum Gasteiger partial charge on any atom is 0.336 e. The van der Waals surface area contributed by atoms with Crippen molar-refractivity contribution in [3.8, 4) is 11.6 Å². The van der Waals surface area contributed by atoms with Gasteiger partial charge in [0.15, 0.2) is 0 Å². The van der Waals surface area contributed by atoms with Gasteiger partial charge in [0.1, 0.15) is 0 Å². The highest BCUT2D eigenvalue weighted by atomic mass is 35.5. The maximum absolute atomic E-state index is 12.5. The molecule has 1 aliphatic heterocycles. The van der Waals surface area contributed by atoms with Gasteiger partial charge in [-0.25, -0.2) is 9.36 Å². The minimum atomic E-state index is -0.151. The quantitative estimate of drug-likeness (QED) is 0.871. The van der Waals surface area contributed by atoms with E-state index < -0.39 is 0 Å². The van der Waals surface area contributed by atoms with E-state index in [1.54, 1.807) is 28.8 Å². The number of hydrogen-bond donors (Lipinski definition) is 1.